The van der Waals surface area contributed by atoms with Gasteiger partial charge < -0.3 is 27.6 Å². The second-order valence-corrected chi connectivity index (χ2v) is 9.49. The van der Waals surface area contributed by atoms with Crippen LogP contribution in [-0.4, -0.2) is 47.5 Å². The summed E-state index contributed by atoms with van der Waals surface area (Å²) in [5, 5.41) is 12.5. The zero-order chi connectivity index (χ0) is 27.5. The standard InChI is InChI=1S/C28H39N5O4/c1-4-20-8-5-6-10-24(20)33(25(26(31)35)16-18(2)3)28(37)23(17-19-11-13-21(34)14-12-19)32-27(36)22(30)9-7-15-29/h4-6,8,10-14,18,22-23,25,34H,1,7,9,15-17,29-30H2,2-3H3,(H2,31,35)(H,32,36). The lowest BCUT2D eigenvalue weighted by molar-refractivity contribution is -0.129. The van der Waals surface area contributed by atoms with Crippen molar-refractivity contribution >= 4 is 29.5 Å². The van der Waals surface area contributed by atoms with Gasteiger partial charge in [0.1, 0.15) is 17.8 Å². The van der Waals surface area contributed by atoms with Crippen LogP contribution in [0.15, 0.2) is 55.1 Å². The molecule has 0 heterocycles. The van der Waals surface area contributed by atoms with Gasteiger partial charge in [0.05, 0.1) is 11.7 Å². The van der Waals surface area contributed by atoms with Crippen molar-refractivity contribution in [3.05, 3.63) is 66.2 Å². The lowest BCUT2D eigenvalue weighted by Gasteiger charge is -2.35. The number of hydrogen-bond donors (Lipinski definition) is 5. The number of aromatic hydroxyl groups is 1. The zero-order valence-electron chi connectivity index (χ0n) is 21.6. The normalized spacial score (nSPS) is 13.4. The highest BCUT2D eigenvalue weighted by Gasteiger charge is 2.36. The van der Waals surface area contributed by atoms with E-state index >= 15 is 0 Å². The van der Waals surface area contributed by atoms with Crippen LogP contribution in [0.25, 0.3) is 6.08 Å². The van der Waals surface area contributed by atoms with Crippen molar-refractivity contribution in [2.75, 3.05) is 11.4 Å². The topological polar surface area (TPSA) is 165 Å². The van der Waals surface area contributed by atoms with Crippen LogP contribution in [0.3, 0.4) is 0 Å². The number of benzene rings is 2. The molecule has 0 saturated heterocycles. The first-order valence-electron chi connectivity index (χ1n) is 12.5. The van der Waals surface area contributed by atoms with E-state index < -0.39 is 35.8 Å². The first kappa shape index (κ1) is 29.5. The maximum atomic E-state index is 14.2. The van der Waals surface area contributed by atoms with Crippen molar-refractivity contribution in [3.63, 3.8) is 0 Å². The minimum atomic E-state index is -1.06. The molecule has 0 bridgehead atoms. The van der Waals surface area contributed by atoms with Crippen LogP contribution in [0.1, 0.15) is 44.2 Å². The maximum absolute atomic E-state index is 14.2. The molecule has 3 amide bonds. The van der Waals surface area contributed by atoms with Gasteiger partial charge in [-0.2, -0.15) is 0 Å². The number of para-hydroxylation sites is 1. The molecule has 2 rings (SSSR count). The lowest BCUT2D eigenvalue weighted by Crippen LogP contribution is -2.58. The van der Waals surface area contributed by atoms with Crippen LogP contribution in [0.5, 0.6) is 5.75 Å². The molecule has 0 fully saturated rings. The summed E-state index contributed by atoms with van der Waals surface area (Å²) in [5.74, 6) is -1.53. The van der Waals surface area contributed by atoms with E-state index in [0.29, 0.717) is 42.6 Å². The Balaban J connectivity index is 2.57. The summed E-state index contributed by atoms with van der Waals surface area (Å²) in [7, 11) is 0. The Morgan fingerprint density at radius 1 is 1.11 bits per heavy atom. The highest BCUT2D eigenvalue weighted by molar-refractivity contribution is 6.05. The molecule has 3 unspecified atom stereocenters. The number of primary amides is 1. The van der Waals surface area contributed by atoms with Crippen molar-refractivity contribution in [3.8, 4) is 5.75 Å². The third-order valence-corrected chi connectivity index (χ3v) is 6.04. The molecule has 0 aliphatic rings. The van der Waals surface area contributed by atoms with E-state index in [1.807, 2.05) is 13.8 Å². The van der Waals surface area contributed by atoms with E-state index in [1.165, 1.54) is 17.0 Å². The molecule has 2 aromatic rings. The smallest absolute Gasteiger partial charge is 0.250 e. The quantitative estimate of drug-likeness (QED) is 0.261. The predicted octanol–water partition coefficient (Wildman–Crippen LogP) is 2.06. The molecule has 0 aliphatic carbocycles. The van der Waals surface area contributed by atoms with Gasteiger partial charge in [-0.1, -0.05) is 56.8 Å². The lowest BCUT2D eigenvalue weighted by atomic mass is 9.97. The average Bonchev–Trinajstić information content (AvgIpc) is 2.87. The monoisotopic (exact) mass is 509 g/mol. The SMILES string of the molecule is C=Cc1ccccc1N(C(=O)C(Cc1ccc(O)cc1)NC(=O)C(N)CCCN)C(CC(C)C)C(N)=O. The fourth-order valence-electron chi connectivity index (χ4n) is 4.10. The molecule has 2 aromatic carbocycles. The molecular weight excluding hydrogens is 470 g/mol. The third-order valence-electron chi connectivity index (χ3n) is 6.04. The molecular formula is C28H39N5O4. The molecule has 0 radical (unpaired) electrons. The highest BCUT2D eigenvalue weighted by atomic mass is 16.3. The molecule has 9 nitrogen and oxygen atoms in total. The van der Waals surface area contributed by atoms with E-state index in [0.717, 1.165) is 0 Å². The molecule has 0 aromatic heterocycles. The minimum Gasteiger partial charge on any atom is -0.508 e. The summed E-state index contributed by atoms with van der Waals surface area (Å²) >= 11 is 0. The molecule has 37 heavy (non-hydrogen) atoms. The second kappa shape index (κ2) is 14.2. The first-order valence-corrected chi connectivity index (χ1v) is 12.5. The minimum absolute atomic E-state index is 0.0542. The van der Waals surface area contributed by atoms with Gasteiger partial charge in [0.2, 0.25) is 11.8 Å². The van der Waals surface area contributed by atoms with Crippen molar-refractivity contribution in [2.24, 2.45) is 23.1 Å². The van der Waals surface area contributed by atoms with E-state index in [4.69, 9.17) is 17.2 Å². The number of anilines is 1. The Morgan fingerprint density at radius 2 is 1.76 bits per heavy atom. The van der Waals surface area contributed by atoms with Crippen molar-refractivity contribution < 1.29 is 19.5 Å². The molecule has 0 spiro atoms. The largest absolute Gasteiger partial charge is 0.508 e. The number of nitrogens with zero attached hydrogens (tertiary/aromatic N) is 1. The van der Waals surface area contributed by atoms with Crippen molar-refractivity contribution in [1.29, 1.82) is 0 Å². The van der Waals surface area contributed by atoms with E-state index in [-0.39, 0.29) is 18.1 Å². The molecule has 9 heteroatoms. The number of phenols is 1. The number of nitrogens with one attached hydrogen (secondary N) is 1. The molecule has 0 saturated carbocycles. The van der Waals surface area contributed by atoms with Gasteiger partial charge in [0.15, 0.2) is 0 Å². The summed E-state index contributed by atoms with van der Waals surface area (Å²) in [4.78, 5) is 41.3. The number of rotatable bonds is 14. The van der Waals surface area contributed by atoms with Gasteiger partial charge in [0.25, 0.3) is 5.91 Å². The fourth-order valence-corrected chi connectivity index (χ4v) is 4.10. The van der Waals surface area contributed by atoms with E-state index in [1.54, 1.807) is 42.5 Å². The van der Waals surface area contributed by atoms with Crippen LogP contribution in [-0.2, 0) is 20.8 Å². The Kier molecular flexibility index (Phi) is 11.3. The Hall–Kier alpha value is -3.69. The van der Waals surface area contributed by atoms with Crippen LogP contribution >= 0.6 is 0 Å². The van der Waals surface area contributed by atoms with Crippen LogP contribution < -0.4 is 27.4 Å². The molecule has 200 valence electrons. The van der Waals surface area contributed by atoms with Crippen LogP contribution in [0.4, 0.5) is 5.69 Å². The summed E-state index contributed by atoms with van der Waals surface area (Å²) in [5.41, 5.74) is 19.2. The maximum Gasteiger partial charge on any atom is 0.250 e. The zero-order valence-corrected chi connectivity index (χ0v) is 21.6. The second-order valence-electron chi connectivity index (χ2n) is 9.49. The summed E-state index contributed by atoms with van der Waals surface area (Å²) < 4.78 is 0. The van der Waals surface area contributed by atoms with Gasteiger partial charge in [-0.15, -0.1) is 0 Å². The van der Waals surface area contributed by atoms with Gasteiger partial charge in [-0.3, -0.25) is 19.3 Å². The predicted molar refractivity (Wildman–Crippen MR) is 146 cm³/mol. The Morgan fingerprint density at radius 3 is 2.32 bits per heavy atom. The summed E-state index contributed by atoms with van der Waals surface area (Å²) in [6.07, 6.45) is 2.95. The van der Waals surface area contributed by atoms with Gasteiger partial charge >= 0.3 is 0 Å². The molecule has 8 N–H and O–H groups in total. The highest BCUT2D eigenvalue weighted by Crippen LogP contribution is 2.28. The number of amides is 3. The van der Waals surface area contributed by atoms with Gasteiger partial charge in [0, 0.05) is 6.42 Å². The van der Waals surface area contributed by atoms with E-state index in [9.17, 15) is 19.5 Å². The van der Waals surface area contributed by atoms with Crippen molar-refractivity contribution in [1.82, 2.24) is 5.32 Å². The van der Waals surface area contributed by atoms with Gasteiger partial charge in [-0.25, -0.2) is 0 Å². The first-order chi connectivity index (χ1) is 17.6. The van der Waals surface area contributed by atoms with E-state index in [2.05, 4.69) is 11.9 Å². The third kappa shape index (κ3) is 8.44. The number of hydrogen-bond acceptors (Lipinski definition) is 6. The molecule has 3 atom stereocenters. The number of carbonyl (C=O) groups excluding carboxylic acids is 3. The average molecular weight is 510 g/mol. The van der Waals surface area contributed by atoms with Gasteiger partial charge in [-0.05, 0) is 61.1 Å². The summed E-state index contributed by atoms with van der Waals surface area (Å²) in [6.45, 7) is 8.10. The number of nitrogens with two attached hydrogens (primary N) is 3. The fraction of sp³-hybridized carbons (Fsp3) is 0.393. The molecule has 0 aliphatic heterocycles. The number of carbonyl (C=O) groups is 3. The number of phenolic OH excluding ortho intramolecular Hbond substituents is 1. The van der Waals surface area contributed by atoms with Crippen molar-refractivity contribution in [2.45, 2.75) is 57.7 Å². The Bertz CT molecular complexity index is 1070. The van der Waals surface area contributed by atoms with Crippen LogP contribution in [0, 0.1) is 5.92 Å². The summed E-state index contributed by atoms with van der Waals surface area (Å²) in [6, 6.07) is 10.5. The Labute approximate surface area is 218 Å². The van der Waals surface area contributed by atoms with Crippen LogP contribution in [0.2, 0.25) is 0 Å².